The van der Waals surface area contributed by atoms with Crippen molar-refractivity contribution in [1.29, 1.82) is 0 Å². The van der Waals surface area contributed by atoms with Crippen LogP contribution in [0.4, 0.5) is 4.39 Å². The lowest BCUT2D eigenvalue weighted by Crippen LogP contribution is -2.04. The molecule has 0 aromatic heterocycles. The minimum absolute atomic E-state index is 0.0215. The highest BCUT2D eigenvalue weighted by molar-refractivity contribution is 5.90. The molecular formula is C16H19FO3. The first-order valence-corrected chi connectivity index (χ1v) is 6.62. The summed E-state index contributed by atoms with van der Waals surface area (Å²) in [6.07, 6.45) is 1.54. The van der Waals surface area contributed by atoms with E-state index in [1.807, 2.05) is 19.1 Å². The molecule has 0 unspecified atom stereocenters. The van der Waals surface area contributed by atoms with Crippen LogP contribution in [0.1, 0.15) is 18.9 Å². The number of aryl methyl sites for hydroxylation is 1. The number of halogens is 1. The molecule has 0 radical (unpaired) electrons. The molecule has 108 valence electrons. The van der Waals surface area contributed by atoms with Gasteiger partial charge in [-0.05, 0) is 41.6 Å². The van der Waals surface area contributed by atoms with Crippen LogP contribution in [0.5, 0.6) is 11.5 Å². The zero-order valence-electron chi connectivity index (χ0n) is 12.0. The van der Waals surface area contributed by atoms with Crippen molar-refractivity contribution in [3.63, 3.8) is 0 Å². The van der Waals surface area contributed by atoms with Gasteiger partial charge in [0.25, 0.3) is 0 Å². The van der Waals surface area contributed by atoms with Crippen LogP contribution in [0.15, 0.2) is 24.3 Å². The van der Waals surface area contributed by atoms with Crippen LogP contribution in [-0.4, -0.2) is 21.0 Å². The Morgan fingerprint density at radius 2 is 1.95 bits per heavy atom. The average molecular weight is 278 g/mol. The molecule has 2 aromatic carbocycles. The van der Waals surface area contributed by atoms with Gasteiger partial charge in [0.05, 0.1) is 7.11 Å². The number of hydrogen-bond acceptors (Lipinski definition) is 3. The zero-order valence-corrected chi connectivity index (χ0v) is 12.0. The predicted molar refractivity (Wildman–Crippen MR) is 77.0 cm³/mol. The van der Waals surface area contributed by atoms with Gasteiger partial charge in [-0.2, -0.15) is 0 Å². The largest absolute Gasteiger partial charge is 0.497 e. The Morgan fingerprint density at radius 3 is 2.60 bits per heavy atom. The highest BCUT2D eigenvalue weighted by Crippen LogP contribution is 2.34. The van der Waals surface area contributed by atoms with Gasteiger partial charge >= 0.3 is 0 Å². The van der Waals surface area contributed by atoms with Gasteiger partial charge in [-0.3, -0.25) is 0 Å². The Balaban J connectivity index is 2.60. The maximum absolute atomic E-state index is 14.5. The van der Waals surface area contributed by atoms with Crippen LogP contribution >= 0.6 is 0 Å². The summed E-state index contributed by atoms with van der Waals surface area (Å²) >= 11 is 0. The lowest BCUT2D eigenvalue weighted by Gasteiger charge is -2.14. The molecule has 2 aromatic rings. The number of rotatable bonds is 6. The summed E-state index contributed by atoms with van der Waals surface area (Å²) in [6, 6.07) is 7.34. The molecule has 0 amide bonds. The summed E-state index contributed by atoms with van der Waals surface area (Å²) < 4.78 is 30.0. The van der Waals surface area contributed by atoms with E-state index in [2.05, 4.69) is 0 Å². The van der Waals surface area contributed by atoms with Gasteiger partial charge in [0, 0.05) is 12.5 Å². The molecule has 0 atom stereocenters. The Labute approximate surface area is 118 Å². The molecule has 0 aliphatic carbocycles. The van der Waals surface area contributed by atoms with Gasteiger partial charge in [0.2, 0.25) is 0 Å². The Kier molecular flexibility index (Phi) is 4.79. The minimum Gasteiger partial charge on any atom is -0.497 e. The first kappa shape index (κ1) is 14.6. The molecule has 4 heteroatoms. The van der Waals surface area contributed by atoms with E-state index in [-0.39, 0.29) is 18.4 Å². The summed E-state index contributed by atoms with van der Waals surface area (Å²) in [5, 5.41) is 1.63. The molecule has 0 aliphatic heterocycles. The van der Waals surface area contributed by atoms with Crippen LogP contribution < -0.4 is 9.47 Å². The van der Waals surface area contributed by atoms with Gasteiger partial charge in [-0.25, -0.2) is 4.39 Å². The third-order valence-corrected chi connectivity index (χ3v) is 3.15. The fraction of sp³-hybridized carbons (Fsp3) is 0.375. The van der Waals surface area contributed by atoms with Gasteiger partial charge < -0.3 is 14.2 Å². The van der Waals surface area contributed by atoms with Crippen molar-refractivity contribution >= 4 is 10.8 Å². The third-order valence-electron chi connectivity index (χ3n) is 3.15. The number of ether oxygens (including phenoxy) is 3. The SMILES string of the molecule is CCCc1cc2cc(OC)ccc2c(OCOC)c1F. The zero-order chi connectivity index (χ0) is 14.5. The second kappa shape index (κ2) is 6.57. The summed E-state index contributed by atoms with van der Waals surface area (Å²) in [4.78, 5) is 0. The molecule has 0 saturated carbocycles. The Morgan fingerprint density at radius 1 is 1.15 bits per heavy atom. The molecule has 2 rings (SSSR count). The van der Waals surface area contributed by atoms with Crippen molar-refractivity contribution in [3.05, 3.63) is 35.6 Å². The van der Waals surface area contributed by atoms with E-state index >= 15 is 0 Å². The monoisotopic (exact) mass is 278 g/mol. The Hall–Kier alpha value is -1.81. The van der Waals surface area contributed by atoms with Crippen molar-refractivity contribution < 1.29 is 18.6 Å². The van der Waals surface area contributed by atoms with Crippen LogP contribution in [0, 0.1) is 5.82 Å². The number of benzene rings is 2. The average Bonchev–Trinajstić information content (AvgIpc) is 2.47. The van der Waals surface area contributed by atoms with Crippen LogP contribution in [0.3, 0.4) is 0 Å². The fourth-order valence-corrected chi connectivity index (χ4v) is 2.22. The predicted octanol–water partition coefficient (Wildman–Crippen LogP) is 3.92. The molecule has 0 bridgehead atoms. The molecular weight excluding hydrogens is 259 g/mol. The van der Waals surface area contributed by atoms with Crippen LogP contribution in [0.25, 0.3) is 10.8 Å². The van der Waals surface area contributed by atoms with E-state index < -0.39 is 0 Å². The Bertz CT molecular complexity index is 596. The number of methoxy groups -OCH3 is 2. The topological polar surface area (TPSA) is 27.7 Å². The summed E-state index contributed by atoms with van der Waals surface area (Å²) in [6.45, 7) is 2.04. The third kappa shape index (κ3) is 2.85. The quantitative estimate of drug-likeness (QED) is 0.749. The maximum atomic E-state index is 14.5. The first-order chi connectivity index (χ1) is 9.71. The number of fused-ring (bicyclic) bond motifs is 1. The second-order valence-corrected chi connectivity index (χ2v) is 4.57. The lowest BCUT2D eigenvalue weighted by molar-refractivity contribution is 0.0494. The van der Waals surface area contributed by atoms with Gasteiger partial charge in [-0.15, -0.1) is 0 Å². The molecule has 0 saturated heterocycles. The van der Waals surface area contributed by atoms with Crippen molar-refractivity contribution in [2.75, 3.05) is 21.0 Å². The molecule has 0 aliphatic rings. The first-order valence-electron chi connectivity index (χ1n) is 6.62. The van der Waals surface area contributed by atoms with Crippen molar-refractivity contribution in [3.8, 4) is 11.5 Å². The standard InChI is InChI=1S/C16H19FO3/c1-4-5-11-8-12-9-13(19-3)6-7-14(12)16(15(11)17)20-10-18-2/h6-9H,4-5,10H2,1-3H3. The van der Waals surface area contributed by atoms with E-state index in [9.17, 15) is 4.39 Å². The fourth-order valence-electron chi connectivity index (χ4n) is 2.22. The smallest absolute Gasteiger partial charge is 0.188 e. The van der Waals surface area contributed by atoms with E-state index in [0.29, 0.717) is 12.0 Å². The molecule has 20 heavy (non-hydrogen) atoms. The van der Waals surface area contributed by atoms with Crippen molar-refractivity contribution in [2.24, 2.45) is 0 Å². The highest BCUT2D eigenvalue weighted by Gasteiger charge is 2.15. The van der Waals surface area contributed by atoms with E-state index in [4.69, 9.17) is 14.2 Å². The molecule has 0 heterocycles. The summed E-state index contributed by atoms with van der Waals surface area (Å²) in [5.74, 6) is 0.682. The van der Waals surface area contributed by atoms with Gasteiger partial charge in [0.15, 0.2) is 18.4 Å². The van der Waals surface area contributed by atoms with Crippen LogP contribution in [0.2, 0.25) is 0 Å². The second-order valence-electron chi connectivity index (χ2n) is 4.57. The molecule has 0 fully saturated rings. The normalized spacial score (nSPS) is 10.8. The summed E-state index contributed by atoms with van der Waals surface area (Å²) in [5.41, 5.74) is 0.652. The van der Waals surface area contributed by atoms with Crippen molar-refractivity contribution in [1.82, 2.24) is 0 Å². The van der Waals surface area contributed by atoms with Gasteiger partial charge in [-0.1, -0.05) is 13.3 Å². The van der Waals surface area contributed by atoms with E-state index in [1.165, 1.54) is 7.11 Å². The lowest BCUT2D eigenvalue weighted by atomic mass is 10.0. The van der Waals surface area contributed by atoms with E-state index in [1.54, 1.807) is 19.2 Å². The maximum Gasteiger partial charge on any atom is 0.188 e. The van der Waals surface area contributed by atoms with Crippen LogP contribution in [-0.2, 0) is 11.2 Å². The molecule has 3 nitrogen and oxygen atoms in total. The van der Waals surface area contributed by atoms with E-state index in [0.717, 1.165) is 22.9 Å². The number of hydrogen-bond donors (Lipinski definition) is 0. The molecule has 0 spiro atoms. The highest BCUT2D eigenvalue weighted by atomic mass is 19.1. The minimum atomic E-state index is -0.304. The summed E-state index contributed by atoms with van der Waals surface area (Å²) in [7, 11) is 3.12. The van der Waals surface area contributed by atoms with Crippen molar-refractivity contribution in [2.45, 2.75) is 19.8 Å². The van der Waals surface area contributed by atoms with Gasteiger partial charge in [0.1, 0.15) is 5.75 Å². The molecule has 0 N–H and O–H groups in total.